The summed E-state index contributed by atoms with van der Waals surface area (Å²) in [7, 11) is 0. The number of nitrogens with one attached hydrogen (secondary N) is 1. The van der Waals surface area contributed by atoms with Crippen molar-refractivity contribution in [3.63, 3.8) is 0 Å². The molecule has 0 saturated heterocycles. The molecule has 4 rings (SSSR count). The molecule has 0 aliphatic carbocycles. The fraction of sp³-hybridized carbons (Fsp3) is 0.261. The zero-order valence-electron chi connectivity index (χ0n) is 16.3. The van der Waals surface area contributed by atoms with Gasteiger partial charge in [0.2, 0.25) is 5.95 Å². The highest BCUT2D eigenvalue weighted by molar-refractivity contribution is 6.05. The molecule has 1 aliphatic heterocycles. The number of hydrogen-bond acceptors (Lipinski definition) is 4. The minimum atomic E-state index is -0.0851. The molecule has 28 heavy (non-hydrogen) atoms. The zero-order valence-corrected chi connectivity index (χ0v) is 16.3. The summed E-state index contributed by atoms with van der Waals surface area (Å²) in [5, 5.41) is 3.32. The van der Waals surface area contributed by atoms with Gasteiger partial charge in [-0.3, -0.25) is 4.79 Å². The molecule has 0 bridgehead atoms. The predicted octanol–water partition coefficient (Wildman–Crippen LogP) is 4.68. The van der Waals surface area contributed by atoms with Gasteiger partial charge in [0.1, 0.15) is 5.69 Å². The van der Waals surface area contributed by atoms with Gasteiger partial charge in [0.25, 0.3) is 5.91 Å². The Kier molecular flexibility index (Phi) is 5.06. The van der Waals surface area contributed by atoms with Gasteiger partial charge in [0.15, 0.2) is 0 Å². The lowest BCUT2D eigenvalue weighted by atomic mass is 10.0. The third kappa shape index (κ3) is 3.48. The second-order valence-corrected chi connectivity index (χ2v) is 7.04. The molecular weight excluding hydrogens is 348 g/mol. The van der Waals surface area contributed by atoms with E-state index in [4.69, 9.17) is 0 Å². The molecule has 5 nitrogen and oxygen atoms in total. The van der Waals surface area contributed by atoms with Gasteiger partial charge in [-0.1, -0.05) is 43.3 Å². The van der Waals surface area contributed by atoms with Crippen molar-refractivity contribution in [2.24, 2.45) is 0 Å². The van der Waals surface area contributed by atoms with Crippen LogP contribution < -0.4 is 10.2 Å². The summed E-state index contributed by atoms with van der Waals surface area (Å²) in [6.07, 6.45) is 4.52. The monoisotopic (exact) mass is 372 g/mol. The summed E-state index contributed by atoms with van der Waals surface area (Å²) in [5.74, 6) is 0.359. The minimum absolute atomic E-state index is 0.0851. The Balaban J connectivity index is 1.63. The van der Waals surface area contributed by atoms with Crippen LogP contribution >= 0.6 is 0 Å². The van der Waals surface area contributed by atoms with Gasteiger partial charge < -0.3 is 10.2 Å². The van der Waals surface area contributed by atoms with E-state index >= 15 is 0 Å². The summed E-state index contributed by atoms with van der Waals surface area (Å²) in [5.41, 5.74) is 5.94. The molecule has 0 atom stereocenters. The normalized spacial score (nSPS) is 13.1. The molecule has 1 aliphatic rings. The number of carbonyl (C=O) groups excluding carboxylic acids is 1. The Morgan fingerprint density at radius 1 is 1.14 bits per heavy atom. The van der Waals surface area contributed by atoms with Crippen LogP contribution in [0.4, 0.5) is 17.3 Å². The number of anilines is 3. The first-order valence-electron chi connectivity index (χ1n) is 9.75. The molecule has 0 fully saturated rings. The van der Waals surface area contributed by atoms with Crippen molar-refractivity contribution in [2.45, 2.75) is 33.1 Å². The van der Waals surface area contributed by atoms with Crippen LogP contribution in [0.5, 0.6) is 0 Å². The fourth-order valence-corrected chi connectivity index (χ4v) is 3.73. The lowest BCUT2D eigenvalue weighted by Gasteiger charge is -2.29. The van der Waals surface area contributed by atoms with E-state index in [0.29, 0.717) is 18.2 Å². The van der Waals surface area contributed by atoms with E-state index in [1.807, 2.05) is 29.2 Å². The van der Waals surface area contributed by atoms with E-state index in [1.165, 1.54) is 11.1 Å². The summed E-state index contributed by atoms with van der Waals surface area (Å²) >= 11 is 0. The Morgan fingerprint density at radius 3 is 2.86 bits per heavy atom. The first-order chi connectivity index (χ1) is 13.7. The Bertz CT molecular complexity index is 1010. The van der Waals surface area contributed by atoms with Gasteiger partial charge in [-0.05, 0) is 55.0 Å². The van der Waals surface area contributed by atoms with Crippen LogP contribution in [0.1, 0.15) is 40.5 Å². The summed E-state index contributed by atoms with van der Waals surface area (Å²) < 4.78 is 0. The molecule has 0 spiro atoms. The van der Waals surface area contributed by atoms with Crippen molar-refractivity contribution in [2.75, 3.05) is 16.8 Å². The van der Waals surface area contributed by atoms with Crippen molar-refractivity contribution in [3.05, 3.63) is 77.1 Å². The van der Waals surface area contributed by atoms with Crippen molar-refractivity contribution in [1.82, 2.24) is 9.97 Å². The van der Waals surface area contributed by atoms with Crippen LogP contribution in [0.15, 0.2) is 54.7 Å². The highest BCUT2D eigenvalue weighted by atomic mass is 16.2. The van der Waals surface area contributed by atoms with E-state index in [9.17, 15) is 4.79 Å². The molecule has 1 N–H and O–H groups in total. The average Bonchev–Trinajstić information content (AvgIpc) is 2.74. The largest absolute Gasteiger partial charge is 0.324 e. The Labute approximate surface area is 165 Å². The highest BCUT2D eigenvalue weighted by Crippen LogP contribution is 2.28. The number of fused-ring (bicyclic) bond motifs is 1. The number of hydrogen-bond donors (Lipinski definition) is 1. The van der Waals surface area contributed by atoms with Crippen molar-refractivity contribution in [1.29, 1.82) is 0 Å². The molecule has 0 radical (unpaired) electrons. The van der Waals surface area contributed by atoms with Gasteiger partial charge in [-0.25, -0.2) is 9.97 Å². The van der Waals surface area contributed by atoms with Gasteiger partial charge in [-0.2, -0.15) is 0 Å². The van der Waals surface area contributed by atoms with E-state index in [1.54, 1.807) is 12.3 Å². The number of benzene rings is 2. The van der Waals surface area contributed by atoms with E-state index in [2.05, 4.69) is 47.3 Å². The quantitative estimate of drug-likeness (QED) is 0.722. The van der Waals surface area contributed by atoms with Crippen LogP contribution in [0, 0.1) is 6.92 Å². The van der Waals surface area contributed by atoms with E-state index in [-0.39, 0.29) is 5.91 Å². The maximum atomic E-state index is 13.2. The maximum absolute atomic E-state index is 13.2. The van der Waals surface area contributed by atoms with Gasteiger partial charge in [0, 0.05) is 24.1 Å². The van der Waals surface area contributed by atoms with Gasteiger partial charge in [0.05, 0.1) is 0 Å². The fourth-order valence-electron chi connectivity index (χ4n) is 3.73. The summed E-state index contributed by atoms with van der Waals surface area (Å²) in [6, 6.07) is 16.0. The molecule has 142 valence electrons. The van der Waals surface area contributed by atoms with Crippen molar-refractivity contribution in [3.8, 4) is 0 Å². The highest BCUT2D eigenvalue weighted by Gasteiger charge is 2.24. The topological polar surface area (TPSA) is 58.1 Å². The van der Waals surface area contributed by atoms with E-state index in [0.717, 1.165) is 36.2 Å². The third-order valence-electron chi connectivity index (χ3n) is 5.21. The molecule has 3 aromatic rings. The minimum Gasteiger partial charge on any atom is -0.324 e. The number of nitrogens with zero attached hydrogens (tertiary/aromatic N) is 3. The standard InChI is InChI=1S/C23H24N4O/c1-3-17-10-6-8-16(2)21(17)26-23-24-14-13-19(25-23)22(28)27-15-7-11-18-9-4-5-12-20(18)27/h4-6,8-10,12-14H,3,7,11,15H2,1-2H3,(H,24,25,26). The van der Waals surface area contributed by atoms with Crippen molar-refractivity contribution < 1.29 is 4.79 Å². The number of rotatable bonds is 4. The Hall–Kier alpha value is -3.21. The van der Waals surface area contributed by atoms with Gasteiger partial charge >= 0.3 is 0 Å². The van der Waals surface area contributed by atoms with Crippen LogP contribution in [0.25, 0.3) is 0 Å². The number of carbonyl (C=O) groups is 1. The van der Waals surface area contributed by atoms with Crippen LogP contribution in [-0.4, -0.2) is 22.4 Å². The number of amides is 1. The molecule has 0 saturated carbocycles. The lowest BCUT2D eigenvalue weighted by molar-refractivity contribution is 0.0980. The molecule has 1 amide bonds. The first-order valence-corrected chi connectivity index (χ1v) is 9.75. The smallest absolute Gasteiger partial charge is 0.277 e. The average molecular weight is 372 g/mol. The predicted molar refractivity (Wildman–Crippen MR) is 112 cm³/mol. The third-order valence-corrected chi connectivity index (χ3v) is 5.21. The van der Waals surface area contributed by atoms with Crippen LogP contribution in [0.3, 0.4) is 0 Å². The summed E-state index contributed by atoms with van der Waals surface area (Å²) in [4.78, 5) is 23.8. The molecular formula is C23H24N4O. The number of aromatic nitrogens is 2. The molecule has 2 heterocycles. The van der Waals surface area contributed by atoms with E-state index < -0.39 is 0 Å². The SMILES string of the molecule is CCc1cccc(C)c1Nc1nccc(C(=O)N2CCCc3ccccc32)n1. The lowest BCUT2D eigenvalue weighted by Crippen LogP contribution is -2.36. The first kappa shape index (κ1) is 18.2. The number of aryl methyl sites for hydroxylation is 3. The number of para-hydroxylation sites is 2. The molecule has 1 aromatic heterocycles. The molecule has 5 heteroatoms. The Morgan fingerprint density at radius 2 is 2.00 bits per heavy atom. The second-order valence-electron chi connectivity index (χ2n) is 7.04. The second kappa shape index (κ2) is 7.80. The van der Waals surface area contributed by atoms with Crippen LogP contribution in [-0.2, 0) is 12.8 Å². The summed E-state index contributed by atoms with van der Waals surface area (Å²) in [6.45, 7) is 4.89. The maximum Gasteiger partial charge on any atom is 0.277 e. The van der Waals surface area contributed by atoms with Crippen LogP contribution in [0.2, 0.25) is 0 Å². The van der Waals surface area contributed by atoms with Gasteiger partial charge in [-0.15, -0.1) is 0 Å². The van der Waals surface area contributed by atoms with Crippen molar-refractivity contribution >= 4 is 23.2 Å². The molecule has 2 aromatic carbocycles. The zero-order chi connectivity index (χ0) is 19.5. The molecule has 0 unspecified atom stereocenters.